The lowest BCUT2D eigenvalue weighted by atomic mass is 9.91. The van der Waals surface area contributed by atoms with Gasteiger partial charge in [0.1, 0.15) is 0 Å². The van der Waals surface area contributed by atoms with Crippen molar-refractivity contribution in [2.45, 2.75) is 40.0 Å². The van der Waals surface area contributed by atoms with Gasteiger partial charge in [0.15, 0.2) is 0 Å². The average Bonchev–Trinajstić information content (AvgIpc) is 2.32. The molecule has 2 aromatic carbocycles. The number of hydrogen-bond donors (Lipinski definition) is 0. The SMILES string of the molecule is CCCc1c(CC(C)C)ccc2ccccc12. The highest BCUT2D eigenvalue weighted by Crippen LogP contribution is 2.25. The van der Waals surface area contributed by atoms with Crippen LogP contribution in [0.15, 0.2) is 36.4 Å². The molecule has 0 aromatic heterocycles. The van der Waals surface area contributed by atoms with Gasteiger partial charge in [0.05, 0.1) is 0 Å². The molecule has 2 rings (SSSR count). The molecule has 0 aliphatic carbocycles. The van der Waals surface area contributed by atoms with Crippen molar-refractivity contribution < 1.29 is 0 Å². The summed E-state index contributed by atoms with van der Waals surface area (Å²) in [5, 5.41) is 2.83. The van der Waals surface area contributed by atoms with Crippen molar-refractivity contribution >= 4 is 10.8 Å². The lowest BCUT2D eigenvalue weighted by molar-refractivity contribution is 0.642. The molecular formula is C17H22. The highest BCUT2D eigenvalue weighted by Gasteiger charge is 2.08. The molecule has 0 N–H and O–H groups in total. The van der Waals surface area contributed by atoms with E-state index in [0.29, 0.717) is 0 Å². The summed E-state index contributed by atoms with van der Waals surface area (Å²) in [5.41, 5.74) is 3.11. The van der Waals surface area contributed by atoms with Crippen molar-refractivity contribution in [1.29, 1.82) is 0 Å². The maximum absolute atomic E-state index is 2.33. The minimum Gasteiger partial charge on any atom is -0.0651 e. The van der Waals surface area contributed by atoms with Gasteiger partial charge in [-0.2, -0.15) is 0 Å². The van der Waals surface area contributed by atoms with Gasteiger partial charge in [0, 0.05) is 0 Å². The Kier molecular flexibility index (Phi) is 3.83. The summed E-state index contributed by atoms with van der Waals surface area (Å²) in [6.07, 6.45) is 3.61. The molecule has 0 bridgehead atoms. The van der Waals surface area contributed by atoms with Crippen LogP contribution in [0.2, 0.25) is 0 Å². The first-order valence-electron chi connectivity index (χ1n) is 6.72. The fourth-order valence-electron chi connectivity index (χ4n) is 2.56. The summed E-state index contributed by atoms with van der Waals surface area (Å²) >= 11 is 0. The normalized spacial score (nSPS) is 11.3. The summed E-state index contributed by atoms with van der Waals surface area (Å²) in [4.78, 5) is 0. The maximum atomic E-state index is 2.33. The fraction of sp³-hybridized carbons (Fsp3) is 0.412. The van der Waals surface area contributed by atoms with E-state index in [9.17, 15) is 0 Å². The van der Waals surface area contributed by atoms with Crippen LogP contribution in [0.1, 0.15) is 38.3 Å². The first-order valence-corrected chi connectivity index (χ1v) is 6.72. The van der Waals surface area contributed by atoms with Crippen LogP contribution >= 0.6 is 0 Å². The van der Waals surface area contributed by atoms with Crippen molar-refractivity contribution in [2.75, 3.05) is 0 Å². The number of benzene rings is 2. The van der Waals surface area contributed by atoms with E-state index < -0.39 is 0 Å². The molecule has 0 spiro atoms. The summed E-state index contributed by atoms with van der Waals surface area (Å²) in [6, 6.07) is 13.4. The molecule has 2 aromatic rings. The minimum absolute atomic E-state index is 0.728. The highest BCUT2D eigenvalue weighted by atomic mass is 14.1. The molecule has 0 aliphatic rings. The second-order valence-electron chi connectivity index (χ2n) is 5.27. The van der Waals surface area contributed by atoms with E-state index in [0.717, 1.165) is 5.92 Å². The van der Waals surface area contributed by atoms with Crippen molar-refractivity contribution in [3.05, 3.63) is 47.5 Å². The van der Waals surface area contributed by atoms with Crippen LogP contribution in [0.3, 0.4) is 0 Å². The average molecular weight is 226 g/mol. The molecule has 0 saturated carbocycles. The third-order valence-electron chi connectivity index (χ3n) is 3.27. The fourth-order valence-corrected chi connectivity index (χ4v) is 2.56. The number of fused-ring (bicyclic) bond motifs is 1. The van der Waals surface area contributed by atoms with Gasteiger partial charge in [-0.05, 0) is 40.7 Å². The zero-order valence-electron chi connectivity index (χ0n) is 11.2. The van der Waals surface area contributed by atoms with Gasteiger partial charge in [-0.15, -0.1) is 0 Å². The molecule has 0 unspecified atom stereocenters. The Bertz CT molecular complexity index is 494. The van der Waals surface area contributed by atoms with E-state index in [1.165, 1.54) is 30.0 Å². The van der Waals surface area contributed by atoms with Crippen LogP contribution in [0.5, 0.6) is 0 Å². The van der Waals surface area contributed by atoms with Crippen LogP contribution in [0.25, 0.3) is 10.8 Å². The zero-order chi connectivity index (χ0) is 12.3. The lowest BCUT2D eigenvalue weighted by Gasteiger charge is -2.14. The number of aryl methyl sites for hydroxylation is 1. The molecule has 0 aliphatic heterocycles. The Labute approximate surface area is 105 Å². The van der Waals surface area contributed by atoms with Crippen LogP contribution in [0.4, 0.5) is 0 Å². The van der Waals surface area contributed by atoms with Gasteiger partial charge >= 0.3 is 0 Å². The monoisotopic (exact) mass is 226 g/mol. The predicted octanol–water partition coefficient (Wildman–Crippen LogP) is 4.99. The third-order valence-corrected chi connectivity index (χ3v) is 3.27. The van der Waals surface area contributed by atoms with Gasteiger partial charge in [-0.1, -0.05) is 63.6 Å². The Hall–Kier alpha value is -1.30. The van der Waals surface area contributed by atoms with Gasteiger partial charge < -0.3 is 0 Å². The molecule has 0 saturated heterocycles. The van der Waals surface area contributed by atoms with E-state index in [1.54, 1.807) is 11.1 Å². The number of hydrogen-bond acceptors (Lipinski definition) is 0. The molecular weight excluding hydrogens is 204 g/mol. The minimum atomic E-state index is 0.728. The molecule has 0 heterocycles. The predicted molar refractivity (Wildman–Crippen MR) is 76.5 cm³/mol. The Morgan fingerprint density at radius 1 is 1.00 bits per heavy atom. The zero-order valence-corrected chi connectivity index (χ0v) is 11.2. The quantitative estimate of drug-likeness (QED) is 0.689. The van der Waals surface area contributed by atoms with Crippen molar-refractivity contribution in [3.8, 4) is 0 Å². The highest BCUT2D eigenvalue weighted by molar-refractivity contribution is 5.86. The maximum Gasteiger partial charge on any atom is -0.0149 e. The smallest absolute Gasteiger partial charge is 0.0149 e. The molecule has 0 fully saturated rings. The van der Waals surface area contributed by atoms with Gasteiger partial charge in [-0.25, -0.2) is 0 Å². The summed E-state index contributed by atoms with van der Waals surface area (Å²) in [5.74, 6) is 0.728. The van der Waals surface area contributed by atoms with E-state index in [4.69, 9.17) is 0 Å². The third kappa shape index (κ3) is 2.69. The van der Waals surface area contributed by atoms with Crippen LogP contribution in [-0.2, 0) is 12.8 Å². The molecule has 0 nitrogen and oxygen atoms in total. The van der Waals surface area contributed by atoms with Gasteiger partial charge in [0.2, 0.25) is 0 Å². The second kappa shape index (κ2) is 5.35. The lowest BCUT2D eigenvalue weighted by Crippen LogP contribution is -2.00. The summed E-state index contributed by atoms with van der Waals surface area (Å²) in [6.45, 7) is 6.86. The largest absolute Gasteiger partial charge is 0.0651 e. The Morgan fingerprint density at radius 2 is 1.76 bits per heavy atom. The first-order chi connectivity index (χ1) is 8.22. The summed E-state index contributed by atoms with van der Waals surface area (Å²) < 4.78 is 0. The van der Waals surface area contributed by atoms with E-state index in [1.807, 2.05) is 0 Å². The molecule has 0 atom stereocenters. The Balaban J connectivity index is 2.55. The summed E-state index contributed by atoms with van der Waals surface area (Å²) in [7, 11) is 0. The van der Waals surface area contributed by atoms with E-state index in [2.05, 4.69) is 57.2 Å². The van der Waals surface area contributed by atoms with Crippen molar-refractivity contribution in [1.82, 2.24) is 0 Å². The van der Waals surface area contributed by atoms with Gasteiger partial charge in [-0.3, -0.25) is 0 Å². The first kappa shape index (κ1) is 12.2. The molecule has 0 amide bonds. The number of rotatable bonds is 4. The second-order valence-corrected chi connectivity index (χ2v) is 5.27. The van der Waals surface area contributed by atoms with E-state index in [-0.39, 0.29) is 0 Å². The standard InChI is InChI=1S/C17H22/c1-4-7-16-15(12-13(2)3)11-10-14-8-5-6-9-17(14)16/h5-6,8-11,13H,4,7,12H2,1-3H3. The molecule has 0 heteroatoms. The topological polar surface area (TPSA) is 0 Å². The Morgan fingerprint density at radius 3 is 2.47 bits per heavy atom. The van der Waals surface area contributed by atoms with E-state index >= 15 is 0 Å². The van der Waals surface area contributed by atoms with Crippen LogP contribution < -0.4 is 0 Å². The molecule has 90 valence electrons. The van der Waals surface area contributed by atoms with Gasteiger partial charge in [0.25, 0.3) is 0 Å². The van der Waals surface area contributed by atoms with Crippen LogP contribution in [-0.4, -0.2) is 0 Å². The molecule has 0 radical (unpaired) electrons. The molecule has 17 heavy (non-hydrogen) atoms. The van der Waals surface area contributed by atoms with Crippen molar-refractivity contribution in [3.63, 3.8) is 0 Å². The van der Waals surface area contributed by atoms with Crippen molar-refractivity contribution in [2.24, 2.45) is 5.92 Å². The van der Waals surface area contributed by atoms with Crippen LogP contribution in [0, 0.1) is 5.92 Å².